The molecule has 0 N–H and O–H groups in total. The molecule has 0 saturated carbocycles. The number of carbonyl (C=O) groups excluding carboxylic acids is 1. The van der Waals surface area contributed by atoms with Crippen molar-refractivity contribution in [1.82, 2.24) is 19.9 Å². The molecule has 2 aliphatic rings. The molecule has 0 spiro atoms. The van der Waals surface area contributed by atoms with Gasteiger partial charge in [-0.3, -0.25) is 9.69 Å². The maximum absolute atomic E-state index is 13.3. The highest BCUT2D eigenvalue weighted by Gasteiger charge is 2.49. The van der Waals surface area contributed by atoms with E-state index < -0.39 is 0 Å². The van der Waals surface area contributed by atoms with Crippen LogP contribution in [0.4, 0.5) is 0 Å². The Hall–Kier alpha value is -2.51. The van der Waals surface area contributed by atoms with Gasteiger partial charge in [0, 0.05) is 43.2 Å². The van der Waals surface area contributed by atoms with Crippen molar-refractivity contribution in [2.24, 2.45) is 11.8 Å². The number of fused-ring (bicyclic) bond motifs is 1. The van der Waals surface area contributed by atoms with Gasteiger partial charge in [0.15, 0.2) is 5.69 Å². The molecule has 2 aromatic heterocycles. The largest absolute Gasteiger partial charge is 0.361 e. The molecular formula is C22H24N4O2S. The van der Waals surface area contributed by atoms with Gasteiger partial charge < -0.3 is 9.42 Å². The zero-order valence-electron chi connectivity index (χ0n) is 16.6. The Morgan fingerprint density at radius 2 is 2.10 bits per heavy atom. The van der Waals surface area contributed by atoms with Crippen LogP contribution in [0, 0.1) is 25.7 Å². The molecule has 4 heterocycles. The van der Waals surface area contributed by atoms with Gasteiger partial charge in [-0.25, -0.2) is 4.98 Å². The first-order chi connectivity index (χ1) is 14.1. The molecule has 2 saturated heterocycles. The molecule has 6 nitrogen and oxygen atoms in total. The van der Waals surface area contributed by atoms with E-state index in [1.54, 1.807) is 17.4 Å². The minimum Gasteiger partial charge on any atom is -0.361 e. The molecule has 0 unspecified atom stereocenters. The van der Waals surface area contributed by atoms with Crippen LogP contribution >= 0.6 is 11.3 Å². The van der Waals surface area contributed by atoms with Gasteiger partial charge in [0.25, 0.3) is 5.91 Å². The maximum Gasteiger partial charge on any atom is 0.276 e. The lowest BCUT2D eigenvalue weighted by Gasteiger charge is -2.30. The second-order valence-electron chi connectivity index (χ2n) is 8.13. The van der Waals surface area contributed by atoms with Crippen LogP contribution in [0.25, 0.3) is 0 Å². The molecule has 7 heteroatoms. The van der Waals surface area contributed by atoms with Crippen molar-refractivity contribution in [3.8, 4) is 0 Å². The lowest BCUT2D eigenvalue weighted by molar-refractivity contribution is 0.0688. The van der Waals surface area contributed by atoms with Gasteiger partial charge in [-0.05, 0) is 30.9 Å². The molecule has 5 rings (SSSR count). The lowest BCUT2D eigenvalue weighted by atomic mass is 9.87. The highest BCUT2D eigenvalue weighted by molar-refractivity contribution is 7.09. The predicted molar refractivity (Wildman–Crippen MR) is 111 cm³/mol. The summed E-state index contributed by atoms with van der Waals surface area (Å²) in [5.74, 6) is 1.50. The van der Waals surface area contributed by atoms with Crippen LogP contribution in [-0.4, -0.2) is 45.5 Å². The van der Waals surface area contributed by atoms with Crippen LogP contribution in [0.3, 0.4) is 0 Å². The number of thiazole rings is 1. The van der Waals surface area contributed by atoms with Crippen LogP contribution in [0.15, 0.2) is 46.4 Å². The Morgan fingerprint density at radius 1 is 1.24 bits per heavy atom. The molecule has 1 aromatic carbocycles. The van der Waals surface area contributed by atoms with Gasteiger partial charge in [-0.2, -0.15) is 0 Å². The molecule has 3 atom stereocenters. The van der Waals surface area contributed by atoms with E-state index in [0.29, 0.717) is 23.3 Å². The zero-order valence-corrected chi connectivity index (χ0v) is 17.4. The van der Waals surface area contributed by atoms with E-state index in [1.807, 2.05) is 23.4 Å². The van der Waals surface area contributed by atoms with Crippen molar-refractivity contribution < 1.29 is 9.32 Å². The molecule has 29 heavy (non-hydrogen) atoms. The Labute approximate surface area is 174 Å². The van der Waals surface area contributed by atoms with Crippen molar-refractivity contribution in [2.45, 2.75) is 26.4 Å². The van der Waals surface area contributed by atoms with Crippen molar-refractivity contribution in [1.29, 1.82) is 0 Å². The number of amides is 1. The molecule has 3 aromatic rings. The molecule has 0 bridgehead atoms. The summed E-state index contributed by atoms with van der Waals surface area (Å²) in [5, 5.41) is 7.17. The first kappa shape index (κ1) is 18.5. The van der Waals surface area contributed by atoms with Crippen molar-refractivity contribution in [2.75, 3.05) is 19.6 Å². The van der Waals surface area contributed by atoms with Gasteiger partial charge >= 0.3 is 0 Å². The summed E-state index contributed by atoms with van der Waals surface area (Å²) in [6.45, 7) is 7.56. The number of benzene rings is 1. The number of hydrogen-bond acceptors (Lipinski definition) is 6. The summed E-state index contributed by atoms with van der Waals surface area (Å²) in [4.78, 5) is 22.3. The third-order valence-corrected chi connectivity index (χ3v) is 6.96. The van der Waals surface area contributed by atoms with E-state index in [4.69, 9.17) is 4.52 Å². The first-order valence-electron chi connectivity index (χ1n) is 10.0. The topological polar surface area (TPSA) is 62.5 Å². The molecule has 150 valence electrons. The molecule has 2 aliphatic heterocycles. The van der Waals surface area contributed by atoms with E-state index in [2.05, 4.69) is 46.2 Å². The lowest BCUT2D eigenvalue weighted by Crippen LogP contribution is -2.36. The normalized spacial score (nSPS) is 24.2. The summed E-state index contributed by atoms with van der Waals surface area (Å²) < 4.78 is 5.17. The average Bonchev–Trinajstić information content (AvgIpc) is 3.47. The van der Waals surface area contributed by atoms with E-state index in [1.165, 1.54) is 11.1 Å². The fourth-order valence-electron chi connectivity index (χ4n) is 4.93. The number of hydrogen-bond donors (Lipinski definition) is 0. The summed E-state index contributed by atoms with van der Waals surface area (Å²) in [7, 11) is 0. The number of nitrogens with zero attached hydrogens (tertiary/aromatic N) is 4. The highest BCUT2D eigenvalue weighted by Crippen LogP contribution is 2.46. The van der Waals surface area contributed by atoms with Gasteiger partial charge in [-0.1, -0.05) is 29.4 Å². The van der Waals surface area contributed by atoms with Gasteiger partial charge in [0.05, 0.1) is 12.6 Å². The number of likely N-dealkylation sites (tertiary alicyclic amines) is 2. The minimum atomic E-state index is -0.0315. The van der Waals surface area contributed by atoms with Gasteiger partial charge in [0.1, 0.15) is 10.8 Å². The van der Waals surface area contributed by atoms with Crippen LogP contribution in [0.1, 0.15) is 38.4 Å². The van der Waals surface area contributed by atoms with E-state index in [0.717, 1.165) is 31.2 Å². The second kappa shape index (κ2) is 7.39. The average molecular weight is 409 g/mol. The zero-order chi connectivity index (χ0) is 20.0. The fourth-order valence-corrected chi connectivity index (χ4v) is 5.59. The minimum absolute atomic E-state index is 0.0315. The van der Waals surface area contributed by atoms with Crippen LogP contribution in [0.2, 0.25) is 0 Å². The summed E-state index contributed by atoms with van der Waals surface area (Å²) in [6, 6.07) is 10.2. The number of rotatable bonds is 4. The highest BCUT2D eigenvalue weighted by atomic mass is 32.1. The number of aromatic nitrogens is 2. The second-order valence-corrected chi connectivity index (χ2v) is 9.10. The SMILES string of the molecule is Cc1cc(C(=O)N2C[C@@H]3CN(Cc4nccs4)C[C@@H]3[C@H]2c2ccccc2C)no1. The van der Waals surface area contributed by atoms with E-state index in [9.17, 15) is 4.79 Å². The molecule has 2 fully saturated rings. The van der Waals surface area contributed by atoms with Crippen molar-refractivity contribution in [3.63, 3.8) is 0 Å². The predicted octanol–water partition coefficient (Wildman–Crippen LogP) is 3.69. The number of carbonyl (C=O) groups is 1. The fraction of sp³-hybridized carbons (Fsp3) is 0.409. The summed E-state index contributed by atoms with van der Waals surface area (Å²) in [5.41, 5.74) is 2.87. The Bertz CT molecular complexity index is 1020. The van der Waals surface area contributed by atoms with Crippen molar-refractivity contribution >= 4 is 17.2 Å². The Kier molecular flexibility index (Phi) is 4.72. The van der Waals surface area contributed by atoms with Crippen molar-refractivity contribution in [3.05, 3.63) is 69.5 Å². The van der Waals surface area contributed by atoms with E-state index in [-0.39, 0.29) is 11.9 Å². The molecular weight excluding hydrogens is 384 g/mol. The van der Waals surface area contributed by atoms with Gasteiger partial charge in [0.2, 0.25) is 0 Å². The molecule has 1 amide bonds. The van der Waals surface area contributed by atoms with Gasteiger partial charge in [-0.15, -0.1) is 11.3 Å². The third kappa shape index (κ3) is 3.38. The monoisotopic (exact) mass is 408 g/mol. The quantitative estimate of drug-likeness (QED) is 0.659. The molecule has 0 radical (unpaired) electrons. The molecule has 0 aliphatic carbocycles. The van der Waals surface area contributed by atoms with Crippen LogP contribution in [-0.2, 0) is 6.54 Å². The van der Waals surface area contributed by atoms with Crippen LogP contribution < -0.4 is 0 Å². The first-order valence-corrected chi connectivity index (χ1v) is 10.9. The Morgan fingerprint density at radius 3 is 2.83 bits per heavy atom. The summed E-state index contributed by atoms with van der Waals surface area (Å²) in [6.07, 6.45) is 1.87. The number of aryl methyl sites for hydroxylation is 2. The maximum atomic E-state index is 13.3. The van der Waals surface area contributed by atoms with Crippen LogP contribution in [0.5, 0.6) is 0 Å². The smallest absolute Gasteiger partial charge is 0.276 e. The standard InChI is InChI=1S/C22H24N4O2S/c1-14-5-3-4-6-17(14)21-18-12-25(13-20-23-7-8-29-20)10-16(18)11-26(21)22(27)19-9-15(2)28-24-19/h3-9,16,18,21H,10-13H2,1-2H3/t16-,18-,21+/m0/s1. The Balaban J connectivity index is 1.45. The third-order valence-electron chi connectivity index (χ3n) is 6.20. The summed E-state index contributed by atoms with van der Waals surface area (Å²) >= 11 is 1.71. The van der Waals surface area contributed by atoms with E-state index >= 15 is 0 Å².